The molecule has 1 amide bonds. The lowest BCUT2D eigenvalue weighted by molar-refractivity contribution is 0.0951. The Morgan fingerprint density at radius 1 is 1.06 bits per heavy atom. The molecule has 32 heavy (non-hydrogen) atoms. The van der Waals surface area contributed by atoms with Crippen molar-refractivity contribution >= 4 is 28.6 Å². The van der Waals surface area contributed by atoms with Crippen LogP contribution in [0.2, 0.25) is 0 Å². The number of hydrogen-bond donors (Lipinski definition) is 1. The van der Waals surface area contributed by atoms with Crippen LogP contribution in [0.3, 0.4) is 0 Å². The van der Waals surface area contributed by atoms with Gasteiger partial charge in [0.1, 0.15) is 5.75 Å². The topological polar surface area (TPSA) is 53.9 Å². The Kier molecular flexibility index (Phi) is 5.99. The maximum Gasteiger partial charge on any atom is 0.275 e. The first-order valence-corrected chi connectivity index (χ1v) is 11.0. The molecule has 1 aliphatic rings. The van der Waals surface area contributed by atoms with E-state index in [-0.39, 0.29) is 11.3 Å². The molecule has 0 spiro atoms. The fourth-order valence-electron chi connectivity index (χ4n) is 4.47. The minimum atomic E-state index is -0.295. The van der Waals surface area contributed by atoms with Gasteiger partial charge in [0, 0.05) is 29.3 Å². The molecule has 1 heterocycles. The molecule has 0 saturated heterocycles. The van der Waals surface area contributed by atoms with E-state index in [1.54, 1.807) is 18.3 Å². The number of rotatable bonds is 6. The Hall–Kier alpha value is -3.60. The summed E-state index contributed by atoms with van der Waals surface area (Å²) in [5, 5.41) is 6.67. The third kappa shape index (κ3) is 3.75. The molecule has 1 N–H and O–H groups in total. The predicted molar refractivity (Wildman–Crippen MR) is 132 cm³/mol. The van der Waals surface area contributed by atoms with Gasteiger partial charge in [0.15, 0.2) is 0 Å². The van der Waals surface area contributed by atoms with Crippen molar-refractivity contribution < 1.29 is 9.53 Å². The van der Waals surface area contributed by atoms with Crippen LogP contribution in [0.4, 0.5) is 5.69 Å². The molecule has 0 atom stereocenters. The van der Waals surface area contributed by atoms with Crippen molar-refractivity contribution in [1.82, 2.24) is 5.43 Å². The van der Waals surface area contributed by atoms with Crippen molar-refractivity contribution in [3.05, 3.63) is 83.6 Å². The van der Waals surface area contributed by atoms with Crippen molar-refractivity contribution in [1.29, 1.82) is 0 Å². The molecule has 1 aliphatic heterocycles. The normalized spacial score (nSPS) is 16.0. The van der Waals surface area contributed by atoms with Crippen molar-refractivity contribution in [2.75, 3.05) is 18.1 Å². The smallest absolute Gasteiger partial charge is 0.275 e. The van der Waals surface area contributed by atoms with Gasteiger partial charge in [-0.2, -0.15) is 5.10 Å². The SMILES string of the molecule is CCOc1ccccc1C(=O)N/N=C/C=C1\N(CC)c2c(ccc3ccccc23)C1(C)C. The lowest BCUT2D eigenvalue weighted by Gasteiger charge is -2.25. The van der Waals surface area contributed by atoms with Gasteiger partial charge >= 0.3 is 0 Å². The van der Waals surface area contributed by atoms with Crippen LogP contribution < -0.4 is 15.1 Å². The van der Waals surface area contributed by atoms with Gasteiger partial charge in [-0.05, 0) is 43.0 Å². The van der Waals surface area contributed by atoms with E-state index in [0.717, 1.165) is 12.2 Å². The van der Waals surface area contributed by atoms with E-state index >= 15 is 0 Å². The van der Waals surface area contributed by atoms with Crippen LogP contribution in [0.1, 0.15) is 43.6 Å². The van der Waals surface area contributed by atoms with Gasteiger partial charge in [0.05, 0.1) is 17.9 Å². The molecule has 4 rings (SSSR count). The average molecular weight is 428 g/mol. The van der Waals surface area contributed by atoms with Crippen LogP contribution in [0.15, 0.2) is 77.5 Å². The number of hydrogen-bond acceptors (Lipinski definition) is 4. The van der Waals surface area contributed by atoms with E-state index in [4.69, 9.17) is 4.74 Å². The molecule has 0 fully saturated rings. The highest BCUT2D eigenvalue weighted by molar-refractivity contribution is 6.00. The third-order valence-electron chi connectivity index (χ3n) is 6.00. The first kappa shape index (κ1) is 21.6. The number of carbonyl (C=O) groups is 1. The highest BCUT2D eigenvalue weighted by Gasteiger charge is 2.40. The molecule has 0 bridgehead atoms. The standard InChI is InChI=1S/C27H29N3O2/c1-5-30-24(17-18-28-29-26(31)21-13-9-10-14-23(21)32-6-2)27(3,4)22-16-15-19-11-7-8-12-20(19)25(22)30/h7-18H,5-6H2,1-4H3,(H,29,31)/b24-17-,28-18+. The molecule has 0 aliphatic carbocycles. The summed E-state index contributed by atoms with van der Waals surface area (Å²) in [5.74, 6) is 0.258. The first-order chi connectivity index (χ1) is 15.5. The van der Waals surface area contributed by atoms with Crippen LogP contribution >= 0.6 is 0 Å². The Bertz CT molecular complexity index is 1210. The van der Waals surface area contributed by atoms with Gasteiger partial charge in [-0.25, -0.2) is 5.43 Å². The molecule has 0 unspecified atom stereocenters. The fourth-order valence-corrected chi connectivity index (χ4v) is 4.47. The molecule has 5 heteroatoms. The third-order valence-corrected chi connectivity index (χ3v) is 6.00. The van der Waals surface area contributed by atoms with Gasteiger partial charge in [-0.3, -0.25) is 4.79 Å². The summed E-state index contributed by atoms with van der Waals surface area (Å²) in [6, 6.07) is 20.1. The second kappa shape index (κ2) is 8.87. The minimum absolute atomic E-state index is 0.174. The summed E-state index contributed by atoms with van der Waals surface area (Å²) in [4.78, 5) is 14.9. The zero-order valence-electron chi connectivity index (χ0n) is 19.1. The molecule has 0 aromatic heterocycles. The van der Waals surface area contributed by atoms with Gasteiger partial charge in [0.2, 0.25) is 0 Å². The lowest BCUT2D eigenvalue weighted by Crippen LogP contribution is -2.26. The van der Waals surface area contributed by atoms with Crippen LogP contribution in [-0.4, -0.2) is 25.3 Å². The number of likely N-dealkylation sites (N-methyl/N-ethyl adjacent to an activating group) is 1. The molecular weight excluding hydrogens is 398 g/mol. The van der Waals surface area contributed by atoms with Crippen molar-refractivity contribution in [2.24, 2.45) is 5.10 Å². The van der Waals surface area contributed by atoms with Crippen LogP contribution in [-0.2, 0) is 5.41 Å². The minimum Gasteiger partial charge on any atom is -0.493 e. The second-order valence-electron chi connectivity index (χ2n) is 8.25. The Morgan fingerprint density at radius 3 is 2.59 bits per heavy atom. The summed E-state index contributed by atoms with van der Waals surface area (Å²) in [7, 11) is 0. The maximum absolute atomic E-state index is 12.6. The first-order valence-electron chi connectivity index (χ1n) is 11.0. The Morgan fingerprint density at radius 2 is 1.81 bits per heavy atom. The monoisotopic (exact) mass is 427 g/mol. The Balaban J connectivity index is 1.61. The van der Waals surface area contributed by atoms with E-state index in [0.29, 0.717) is 17.9 Å². The molecule has 5 nitrogen and oxygen atoms in total. The van der Waals surface area contributed by atoms with E-state index in [9.17, 15) is 4.79 Å². The van der Waals surface area contributed by atoms with Crippen LogP contribution in [0, 0.1) is 0 Å². The van der Waals surface area contributed by atoms with Crippen LogP contribution in [0.5, 0.6) is 5.75 Å². The quantitative estimate of drug-likeness (QED) is 0.408. The molecule has 0 radical (unpaired) electrons. The van der Waals surface area contributed by atoms with Gasteiger partial charge < -0.3 is 9.64 Å². The number of para-hydroxylation sites is 1. The van der Waals surface area contributed by atoms with E-state index in [1.807, 2.05) is 25.1 Å². The van der Waals surface area contributed by atoms with Crippen molar-refractivity contribution in [2.45, 2.75) is 33.1 Å². The number of fused-ring (bicyclic) bond motifs is 3. The number of benzene rings is 3. The number of anilines is 1. The van der Waals surface area contributed by atoms with Gasteiger partial charge in [-0.1, -0.05) is 62.4 Å². The Labute approximate surface area is 189 Å². The van der Waals surface area contributed by atoms with Gasteiger partial charge in [0.25, 0.3) is 5.91 Å². The van der Waals surface area contributed by atoms with Gasteiger partial charge in [-0.15, -0.1) is 0 Å². The fraction of sp³-hybridized carbons (Fsp3) is 0.259. The maximum atomic E-state index is 12.6. The molecule has 3 aromatic rings. The average Bonchev–Trinajstić information content (AvgIpc) is 3.03. The molecule has 164 valence electrons. The number of allylic oxidation sites excluding steroid dienone is 2. The van der Waals surface area contributed by atoms with E-state index < -0.39 is 0 Å². The number of nitrogens with zero attached hydrogens (tertiary/aromatic N) is 2. The van der Waals surface area contributed by atoms with Crippen LogP contribution in [0.25, 0.3) is 10.8 Å². The summed E-state index contributed by atoms with van der Waals surface area (Å²) in [5.41, 5.74) is 6.62. The molecule has 0 saturated carbocycles. The zero-order chi connectivity index (χ0) is 22.7. The predicted octanol–water partition coefficient (Wildman–Crippen LogP) is 5.66. The van der Waals surface area contributed by atoms with E-state index in [1.165, 1.54) is 22.0 Å². The van der Waals surface area contributed by atoms with Crippen molar-refractivity contribution in [3.63, 3.8) is 0 Å². The highest BCUT2D eigenvalue weighted by atomic mass is 16.5. The summed E-state index contributed by atoms with van der Waals surface area (Å²) in [6.45, 7) is 9.85. The largest absolute Gasteiger partial charge is 0.493 e. The molecular formula is C27H29N3O2. The molecule has 3 aromatic carbocycles. The second-order valence-corrected chi connectivity index (χ2v) is 8.25. The summed E-state index contributed by atoms with van der Waals surface area (Å²) >= 11 is 0. The highest BCUT2D eigenvalue weighted by Crippen LogP contribution is 2.50. The number of ether oxygens (including phenoxy) is 1. The summed E-state index contributed by atoms with van der Waals surface area (Å²) < 4.78 is 5.54. The van der Waals surface area contributed by atoms with E-state index in [2.05, 4.69) is 72.6 Å². The number of carbonyl (C=O) groups excluding carboxylic acids is 1. The number of amides is 1. The number of hydrazone groups is 1. The lowest BCUT2D eigenvalue weighted by atomic mass is 9.83. The van der Waals surface area contributed by atoms with Crippen molar-refractivity contribution in [3.8, 4) is 5.75 Å². The number of nitrogens with one attached hydrogen (secondary N) is 1. The summed E-state index contributed by atoms with van der Waals surface area (Å²) in [6.07, 6.45) is 3.65. The zero-order valence-corrected chi connectivity index (χ0v) is 19.1.